The zero-order valence-electron chi connectivity index (χ0n) is 24.0. The molecule has 4 N–H and O–H groups in total. The quantitative estimate of drug-likeness (QED) is 0.254. The Labute approximate surface area is 227 Å². The second-order valence-corrected chi connectivity index (χ2v) is 20.3. The lowest BCUT2D eigenvalue weighted by atomic mass is 10.2. The van der Waals surface area contributed by atoms with Gasteiger partial charge in [-0.2, -0.15) is 0 Å². The Hall–Kier alpha value is -2.04. The maximum absolute atomic E-state index is 12.6. The number of ether oxygens (including phenoxy) is 1. The van der Waals surface area contributed by atoms with Gasteiger partial charge in [-0.3, -0.25) is 14.4 Å². The van der Waals surface area contributed by atoms with Crippen molar-refractivity contribution in [3.05, 3.63) is 16.4 Å². The molecular weight excluding hydrogens is 524 g/mol. The molecule has 13 heteroatoms. The maximum Gasteiger partial charge on any atom is 0.335 e. The van der Waals surface area contributed by atoms with E-state index in [-0.39, 0.29) is 51.8 Å². The Morgan fingerprint density at radius 2 is 1.63 bits per heavy atom. The van der Waals surface area contributed by atoms with E-state index in [1.807, 2.05) is 0 Å². The molecule has 2 aliphatic heterocycles. The van der Waals surface area contributed by atoms with Crippen LogP contribution in [-0.4, -0.2) is 59.5 Å². The summed E-state index contributed by atoms with van der Waals surface area (Å²) in [5.41, 5.74) is 0.630. The number of amides is 2. The highest BCUT2D eigenvalue weighted by Gasteiger charge is 2.60. The first-order chi connectivity index (χ1) is 17.8. The van der Waals surface area contributed by atoms with E-state index in [1.54, 1.807) is 6.07 Å². The van der Waals surface area contributed by atoms with Crippen molar-refractivity contribution >= 4 is 46.6 Å². The molecule has 38 heavy (non-hydrogen) atoms. The number of anilines is 3. The molecule has 0 aliphatic carbocycles. The van der Waals surface area contributed by atoms with Gasteiger partial charge in [0.15, 0.2) is 0 Å². The summed E-state index contributed by atoms with van der Waals surface area (Å²) in [5.74, 6) is -0.135. The molecular formula is C25H44N4O7Si2. The number of hydrogen-bond acceptors (Lipinski definition) is 8. The van der Waals surface area contributed by atoms with Crippen molar-refractivity contribution in [3.8, 4) is 0 Å². The molecule has 0 bridgehead atoms. The van der Waals surface area contributed by atoms with Crippen molar-refractivity contribution in [2.45, 2.75) is 109 Å². The number of nitrogens with one attached hydrogen (secondary N) is 4. The normalized spacial score (nSPS) is 24.7. The molecule has 1 aromatic rings. The first-order valence-corrected chi connectivity index (χ1v) is 17.4. The lowest BCUT2D eigenvalue weighted by Crippen LogP contribution is -2.65. The van der Waals surface area contributed by atoms with Gasteiger partial charge >= 0.3 is 17.1 Å². The third-order valence-corrected chi connectivity index (χ3v) is 17.7. The highest BCUT2D eigenvalue weighted by atomic mass is 28.5. The fourth-order valence-corrected chi connectivity index (χ4v) is 16.8. The van der Waals surface area contributed by atoms with Gasteiger partial charge in [-0.05, 0) is 22.2 Å². The average molecular weight is 569 g/mol. The van der Waals surface area contributed by atoms with Gasteiger partial charge in [0, 0.05) is 19.4 Å². The zero-order chi connectivity index (χ0) is 28.4. The van der Waals surface area contributed by atoms with Gasteiger partial charge in [0.05, 0.1) is 18.4 Å². The molecule has 0 aromatic carbocycles. The molecule has 3 heterocycles. The van der Waals surface area contributed by atoms with E-state index in [1.165, 1.54) is 6.92 Å². The maximum atomic E-state index is 12.6. The smallest absolute Gasteiger partial charge is 0.335 e. The van der Waals surface area contributed by atoms with E-state index in [0.29, 0.717) is 25.1 Å². The van der Waals surface area contributed by atoms with Crippen LogP contribution in [0.1, 0.15) is 68.7 Å². The Kier molecular flexibility index (Phi) is 9.64. The molecule has 0 saturated carbocycles. The third kappa shape index (κ3) is 6.07. The van der Waals surface area contributed by atoms with Crippen molar-refractivity contribution in [2.24, 2.45) is 0 Å². The summed E-state index contributed by atoms with van der Waals surface area (Å²) in [6.45, 7) is 19.1. The lowest BCUT2D eigenvalue weighted by molar-refractivity contribution is -0.114. The van der Waals surface area contributed by atoms with Crippen LogP contribution < -0.4 is 21.5 Å². The molecule has 3 atom stereocenters. The van der Waals surface area contributed by atoms with Crippen molar-refractivity contribution in [1.82, 2.24) is 4.98 Å². The molecule has 2 fully saturated rings. The summed E-state index contributed by atoms with van der Waals surface area (Å²) in [7, 11) is -5.47. The molecule has 1 aromatic heterocycles. The van der Waals surface area contributed by atoms with E-state index in [0.717, 1.165) is 0 Å². The van der Waals surface area contributed by atoms with Crippen molar-refractivity contribution in [3.63, 3.8) is 0 Å². The van der Waals surface area contributed by atoms with Gasteiger partial charge in [0.2, 0.25) is 12.3 Å². The molecule has 214 valence electrons. The molecule has 11 nitrogen and oxygen atoms in total. The van der Waals surface area contributed by atoms with Crippen LogP contribution in [0.25, 0.3) is 0 Å². The number of carbonyl (C=O) groups excluding carboxylic acids is 2. The van der Waals surface area contributed by atoms with Gasteiger partial charge in [-0.15, -0.1) is 0 Å². The van der Waals surface area contributed by atoms with Crippen LogP contribution >= 0.6 is 0 Å². The number of pyridine rings is 1. The van der Waals surface area contributed by atoms with Gasteiger partial charge in [-0.1, -0.05) is 55.4 Å². The van der Waals surface area contributed by atoms with Crippen LogP contribution in [-0.2, 0) is 27.3 Å². The fourth-order valence-electron chi connectivity index (χ4n) is 5.55. The van der Waals surface area contributed by atoms with E-state index in [4.69, 9.17) is 17.7 Å². The van der Waals surface area contributed by atoms with Crippen LogP contribution in [0.4, 0.5) is 17.2 Å². The first kappa shape index (κ1) is 30.5. The summed E-state index contributed by atoms with van der Waals surface area (Å²) in [4.78, 5) is 37.9. The summed E-state index contributed by atoms with van der Waals surface area (Å²) in [6, 6.07) is 1.55. The predicted molar refractivity (Wildman–Crippen MR) is 152 cm³/mol. The monoisotopic (exact) mass is 568 g/mol. The molecule has 0 unspecified atom stereocenters. The second kappa shape index (κ2) is 12.0. The van der Waals surface area contributed by atoms with Gasteiger partial charge in [0.25, 0.3) is 5.56 Å². The van der Waals surface area contributed by atoms with Crippen LogP contribution in [0.2, 0.25) is 22.2 Å². The number of H-pyrrole nitrogens is 1. The molecule has 2 aliphatic rings. The number of rotatable bonds is 9. The molecule has 2 amide bonds. The summed E-state index contributed by atoms with van der Waals surface area (Å²) in [6.07, 6.45) is -0.198. The summed E-state index contributed by atoms with van der Waals surface area (Å²) >= 11 is 0. The molecule has 2 saturated heterocycles. The average Bonchev–Trinajstić information content (AvgIpc) is 3.15. The number of carbonyl (C=O) groups is 2. The van der Waals surface area contributed by atoms with Crippen LogP contribution in [0.3, 0.4) is 0 Å². The van der Waals surface area contributed by atoms with Crippen LogP contribution in [0.15, 0.2) is 10.9 Å². The van der Waals surface area contributed by atoms with E-state index < -0.39 is 28.9 Å². The topological polar surface area (TPSA) is 140 Å². The second-order valence-electron chi connectivity index (χ2n) is 11.4. The van der Waals surface area contributed by atoms with E-state index in [9.17, 15) is 14.4 Å². The number of hydrogen-bond donors (Lipinski definition) is 4. The Balaban J connectivity index is 1.96. The Morgan fingerprint density at radius 3 is 2.16 bits per heavy atom. The summed E-state index contributed by atoms with van der Waals surface area (Å²) < 4.78 is 27.4. The minimum Gasteiger partial charge on any atom is -0.414 e. The van der Waals surface area contributed by atoms with Crippen molar-refractivity contribution in [1.29, 1.82) is 0 Å². The number of aromatic nitrogens is 1. The minimum atomic E-state index is -2.78. The molecule has 3 rings (SSSR count). The van der Waals surface area contributed by atoms with E-state index >= 15 is 0 Å². The number of aromatic amines is 1. The standard InChI is InChI=1S/C25H44N4O7Si2/c1-14(2)37(15(3)4)33-12-21-20(35-38(36-37,16(5)6)17(7)8)11-23(34-21)28-19-10-22(27-18(9)31)29-25(32)24(19)26-13-30/h10,13-17,20-21,23H,11-12H2,1-9H3,(H,26,30)(H3,27,28,29,31,32)/t20-,21+,23+/m0/s1. The van der Waals surface area contributed by atoms with Gasteiger partial charge in [0.1, 0.15) is 23.8 Å². The fraction of sp³-hybridized carbons (Fsp3) is 0.720. The van der Waals surface area contributed by atoms with E-state index in [2.05, 4.69) is 76.3 Å². The van der Waals surface area contributed by atoms with Crippen molar-refractivity contribution < 1.29 is 27.3 Å². The highest BCUT2D eigenvalue weighted by Crippen LogP contribution is 2.47. The van der Waals surface area contributed by atoms with Gasteiger partial charge < -0.3 is 38.6 Å². The van der Waals surface area contributed by atoms with Crippen LogP contribution in [0, 0.1) is 0 Å². The largest absolute Gasteiger partial charge is 0.414 e. The van der Waals surface area contributed by atoms with Crippen LogP contribution in [0.5, 0.6) is 0 Å². The SMILES string of the molecule is CC(=O)Nc1cc(N[C@H]2C[C@@H]3O[Si](C(C)C)(C(C)C)O[Si](C(C)C)(C(C)C)OC[C@H]3O2)c(NC=O)c(=O)[nH]1. The molecule has 0 spiro atoms. The zero-order valence-corrected chi connectivity index (χ0v) is 26.0. The Morgan fingerprint density at radius 1 is 1.03 bits per heavy atom. The van der Waals surface area contributed by atoms with Gasteiger partial charge in [-0.25, -0.2) is 0 Å². The Bertz CT molecular complexity index is 1050. The number of fused-ring (bicyclic) bond motifs is 1. The highest BCUT2D eigenvalue weighted by molar-refractivity contribution is 6.83. The van der Waals surface area contributed by atoms with Crippen molar-refractivity contribution in [2.75, 3.05) is 22.6 Å². The molecule has 0 radical (unpaired) electrons. The first-order valence-electron chi connectivity index (χ1n) is 13.4. The predicted octanol–water partition coefficient (Wildman–Crippen LogP) is 4.38. The summed E-state index contributed by atoms with van der Waals surface area (Å²) in [5, 5.41) is 8.25. The third-order valence-electron chi connectivity index (χ3n) is 7.41. The minimum absolute atomic E-state index is 0.0293. The lowest BCUT2D eigenvalue weighted by Gasteiger charge is -2.51.